The molecule has 0 aliphatic carbocycles. The van der Waals surface area contributed by atoms with Crippen molar-refractivity contribution in [1.29, 1.82) is 0 Å². The number of carbonyl (C=O) groups is 3. The Labute approximate surface area is 263 Å². The van der Waals surface area contributed by atoms with Crippen LogP contribution in [0.25, 0.3) is 11.3 Å². The second-order valence-electron chi connectivity index (χ2n) is 11.9. The van der Waals surface area contributed by atoms with E-state index in [0.29, 0.717) is 61.1 Å². The molecule has 2 aliphatic heterocycles. The predicted octanol–water partition coefficient (Wildman–Crippen LogP) is 6.18. The number of ether oxygens (including phenoxy) is 1. The second kappa shape index (κ2) is 13.1. The fourth-order valence-corrected chi connectivity index (χ4v) is 5.41. The third-order valence-corrected chi connectivity index (χ3v) is 7.84. The average molecular weight is 616 g/mol. The first-order chi connectivity index (χ1) is 21.0. The van der Waals surface area contributed by atoms with Crippen molar-refractivity contribution in [3.8, 4) is 0 Å². The Morgan fingerprint density at radius 3 is 2.32 bits per heavy atom. The number of piperazine rings is 1. The molecule has 0 spiro atoms. The van der Waals surface area contributed by atoms with E-state index < -0.39 is 5.60 Å². The van der Waals surface area contributed by atoms with Crippen molar-refractivity contribution in [2.45, 2.75) is 32.8 Å². The van der Waals surface area contributed by atoms with E-state index in [2.05, 4.69) is 15.5 Å². The summed E-state index contributed by atoms with van der Waals surface area (Å²) in [5.74, 6) is -0.202. The highest BCUT2D eigenvalue weighted by molar-refractivity contribution is 6.38. The van der Waals surface area contributed by atoms with Crippen LogP contribution in [0, 0.1) is 0 Å². The summed E-state index contributed by atoms with van der Waals surface area (Å²) < 4.78 is 5.47. The normalized spacial score (nSPS) is 16.2. The number of benzene rings is 3. The Balaban J connectivity index is 1.22. The lowest BCUT2D eigenvalue weighted by molar-refractivity contribution is -0.118. The fourth-order valence-electron chi connectivity index (χ4n) is 5.24. The van der Waals surface area contributed by atoms with E-state index in [9.17, 15) is 14.4 Å². The number of amides is 3. The molecule has 0 atom stereocenters. The van der Waals surface area contributed by atoms with Gasteiger partial charge in [0.1, 0.15) is 5.60 Å². The van der Waals surface area contributed by atoms with Crippen LogP contribution in [0.5, 0.6) is 0 Å². The molecule has 0 unspecified atom stereocenters. The molecule has 2 N–H and O–H groups in total. The number of halogens is 1. The molecule has 10 heteroatoms. The Kier molecular flexibility index (Phi) is 9.27. The zero-order valence-electron chi connectivity index (χ0n) is 25.5. The molecule has 0 saturated carbocycles. The third-order valence-electron chi connectivity index (χ3n) is 7.60. The summed E-state index contributed by atoms with van der Waals surface area (Å²) in [5, 5.41) is 6.92. The van der Waals surface area contributed by atoms with Gasteiger partial charge in [0.2, 0.25) is 5.91 Å². The molecule has 3 amide bonds. The molecule has 3 aromatic carbocycles. The monoisotopic (exact) mass is 615 g/mol. The zero-order valence-corrected chi connectivity index (χ0v) is 26.3. The van der Waals surface area contributed by atoms with E-state index in [0.717, 1.165) is 22.5 Å². The van der Waals surface area contributed by atoms with Gasteiger partial charge in [-0.1, -0.05) is 48.0 Å². The third kappa shape index (κ3) is 7.41. The van der Waals surface area contributed by atoms with E-state index in [1.807, 2.05) is 81.4 Å². The maximum atomic E-state index is 13.1. The van der Waals surface area contributed by atoms with E-state index >= 15 is 0 Å². The summed E-state index contributed by atoms with van der Waals surface area (Å²) in [5.41, 5.74) is 4.55. The smallest absolute Gasteiger partial charge is 0.410 e. The molecule has 3 aromatic rings. The fraction of sp³-hybridized carbons (Fsp3) is 0.324. The van der Waals surface area contributed by atoms with Crippen LogP contribution < -0.4 is 15.5 Å². The number of hydrogen-bond acceptors (Lipinski definition) is 6. The first kappa shape index (κ1) is 31.1. The van der Waals surface area contributed by atoms with Crippen LogP contribution in [0.2, 0.25) is 5.02 Å². The second-order valence-corrected chi connectivity index (χ2v) is 12.4. The number of hydrogen-bond donors (Lipinski definition) is 2. The Morgan fingerprint density at radius 1 is 0.977 bits per heavy atom. The van der Waals surface area contributed by atoms with Crippen LogP contribution in [0.15, 0.2) is 72.8 Å². The van der Waals surface area contributed by atoms with Gasteiger partial charge in [0, 0.05) is 68.2 Å². The van der Waals surface area contributed by atoms with Gasteiger partial charge in [-0.05, 0) is 62.7 Å². The number of anilines is 3. The standard InChI is InChI=1S/C34H38ClN5O4/c1-34(2,3)44-33(43)40-20-18-39(19-21-40)17-16-29(41)38(4)26-13-11-25(12-14-26)36-31(23-8-6-5-7-9-23)30-27-15-10-24(35)22-28(27)37-32(30)42/h5-15,22,36H,16-21H2,1-4H3,(H,37,42)/b31-30-. The van der Waals surface area contributed by atoms with Crippen LogP contribution >= 0.6 is 11.6 Å². The lowest BCUT2D eigenvalue weighted by Crippen LogP contribution is -2.50. The van der Waals surface area contributed by atoms with Crippen molar-refractivity contribution in [3.63, 3.8) is 0 Å². The summed E-state index contributed by atoms with van der Waals surface area (Å²) in [7, 11) is 1.77. The van der Waals surface area contributed by atoms with E-state index in [4.69, 9.17) is 16.3 Å². The summed E-state index contributed by atoms with van der Waals surface area (Å²) in [6, 6.07) is 22.6. The van der Waals surface area contributed by atoms with E-state index in [1.165, 1.54) is 0 Å². The van der Waals surface area contributed by atoms with Crippen molar-refractivity contribution in [2.24, 2.45) is 0 Å². The molecule has 44 heavy (non-hydrogen) atoms. The quantitative estimate of drug-likeness (QED) is 0.308. The largest absolute Gasteiger partial charge is 0.444 e. The SMILES string of the molecule is CN(C(=O)CCN1CCN(C(=O)OC(C)(C)C)CC1)c1ccc(N/C(=C2\C(=O)Nc3cc(Cl)ccc32)c2ccccc2)cc1. The van der Waals surface area contributed by atoms with Gasteiger partial charge in [-0.15, -0.1) is 0 Å². The molecule has 5 rings (SSSR count). The van der Waals surface area contributed by atoms with Crippen LogP contribution in [0.1, 0.15) is 38.3 Å². The number of nitrogens with one attached hydrogen (secondary N) is 2. The molecular formula is C34H38ClN5O4. The number of rotatable bonds is 7. The van der Waals surface area contributed by atoms with Gasteiger partial charge in [0.25, 0.3) is 5.91 Å². The first-order valence-electron chi connectivity index (χ1n) is 14.7. The number of carbonyl (C=O) groups excluding carboxylic acids is 3. The highest BCUT2D eigenvalue weighted by Gasteiger charge is 2.29. The Bertz CT molecular complexity index is 1560. The van der Waals surface area contributed by atoms with Gasteiger partial charge in [0.15, 0.2) is 0 Å². The van der Waals surface area contributed by atoms with E-state index in [1.54, 1.807) is 29.0 Å². The van der Waals surface area contributed by atoms with Crippen LogP contribution in [0.4, 0.5) is 21.9 Å². The molecule has 1 fully saturated rings. The van der Waals surface area contributed by atoms with Gasteiger partial charge in [-0.2, -0.15) is 0 Å². The summed E-state index contributed by atoms with van der Waals surface area (Å²) >= 11 is 6.17. The first-order valence-corrected chi connectivity index (χ1v) is 15.1. The lowest BCUT2D eigenvalue weighted by atomic mass is 10.00. The molecule has 0 radical (unpaired) electrons. The number of fused-ring (bicyclic) bond motifs is 1. The van der Waals surface area contributed by atoms with Crippen molar-refractivity contribution in [2.75, 3.05) is 55.3 Å². The van der Waals surface area contributed by atoms with Crippen molar-refractivity contribution in [1.82, 2.24) is 9.80 Å². The van der Waals surface area contributed by atoms with Crippen molar-refractivity contribution < 1.29 is 19.1 Å². The minimum absolute atomic E-state index is 0.00488. The molecular weight excluding hydrogens is 578 g/mol. The van der Waals surface area contributed by atoms with Crippen molar-refractivity contribution in [3.05, 3.63) is 88.9 Å². The van der Waals surface area contributed by atoms with Gasteiger partial charge in [0.05, 0.1) is 17.0 Å². The maximum Gasteiger partial charge on any atom is 0.410 e. The Hall–Kier alpha value is -4.34. The minimum Gasteiger partial charge on any atom is -0.444 e. The molecule has 2 heterocycles. The molecule has 0 bridgehead atoms. The van der Waals surface area contributed by atoms with Crippen LogP contribution in [-0.2, 0) is 14.3 Å². The highest BCUT2D eigenvalue weighted by atomic mass is 35.5. The lowest BCUT2D eigenvalue weighted by Gasteiger charge is -2.35. The van der Waals surface area contributed by atoms with Gasteiger partial charge < -0.3 is 25.2 Å². The summed E-state index contributed by atoms with van der Waals surface area (Å²) in [4.78, 5) is 44.1. The maximum absolute atomic E-state index is 13.1. The van der Waals surface area contributed by atoms with Crippen molar-refractivity contribution >= 4 is 57.8 Å². The number of nitrogens with zero attached hydrogens (tertiary/aromatic N) is 3. The molecule has 0 aromatic heterocycles. The van der Waals surface area contributed by atoms with Crippen LogP contribution in [0.3, 0.4) is 0 Å². The van der Waals surface area contributed by atoms with E-state index in [-0.39, 0.29) is 17.9 Å². The van der Waals surface area contributed by atoms with Gasteiger partial charge in [-0.3, -0.25) is 14.5 Å². The summed E-state index contributed by atoms with van der Waals surface area (Å²) in [6.07, 6.45) is 0.0744. The topological polar surface area (TPSA) is 94.2 Å². The summed E-state index contributed by atoms with van der Waals surface area (Å²) in [6.45, 7) is 8.76. The highest BCUT2D eigenvalue weighted by Crippen LogP contribution is 2.38. The molecule has 230 valence electrons. The average Bonchev–Trinajstić information content (AvgIpc) is 3.32. The molecule has 1 saturated heterocycles. The molecule has 2 aliphatic rings. The minimum atomic E-state index is -0.519. The predicted molar refractivity (Wildman–Crippen MR) is 176 cm³/mol. The molecule has 9 nitrogen and oxygen atoms in total. The Morgan fingerprint density at radius 2 is 1.66 bits per heavy atom. The van der Waals surface area contributed by atoms with Gasteiger partial charge >= 0.3 is 6.09 Å². The van der Waals surface area contributed by atoms with Gasteiger partial charge in [-0.25, -0.2) is 4.79 Å². The zero-order chi connectivity index (χ0) is 31.4. The van der Waals surface area contributed by atoms with Crippen LogP contribution in [-0.4, -0.2) is 73.1 Å².